The molecule has 0 aromatic heterocycles. The van der Waals surface area contributed by atoms with E-state index in [1.807, 2.05) is 97.1 Å². The van der Waals surface area contributed by atoms with Gasteiger partial charge in [-0.1, -0.05) is 91.3 Å². The van der Waals surface area contributed by atoms with Crippen molar-refractivity contribution < 1.29 is 34.1 Å². The first-order chi connectivity index (χ1) is 27.2. The van der Waals surface area contributed by atoms with Crippen molar-refractivity contribution >= 4 is 40.9 Å². The highest BCUT2D eigenvalue weighted by Gasteiger charge is 2.32. The molecule has 0 saturated carbocycles. The largest absolute Gasteiger partial charge is 0.478 e. The second-order valence-corrected chi connectivity index (χ2v) is 14.8. The number of amides is 2. The number of nitrogens with one attached hydrogen (secondary N) is 2. The molecule has 2 amide bonds. The average molecular weight is 774 g/mol. The summed E-state index contributed by atoms with van der Waals surface area (Å²) in [6.07, 6.45) is 2.52. The lowest BCUT2D eigenvalue weighted by Gasteiger charge is -2.36. The zero-order valence-electron chi connectivity index (χ0n) is 31.1. The van der Waals surface area contributed by atoms with Crippen molar-refractivity contribution in [2.45, 2.75) is 75.1 Å². The first-order valence-electron chi connectivity index (χ1n) is 18.8. The summed E-state index contributed by atoms with van der Waals surface area (Å²) in [7, 11) is 0. The fourth-order valence-electron chi connectivity index (χ4n) is 6.54. The Morgan fingerprint density at radius 3 is 2.14 bits per heavy atom. The van der Waals surface area contributed by atoms with E-state index in [2.05, 4.69) is 10.6 Å². The van der Waals surface area contributed by atoms with Gasteiger partial charge in [0.25, 0.3) is 0 Å². The normalized spacial score (nSPS) is 16.6. The maximum absolute atomic E-state index is 12.7. The maximum Gasteiger partial charge on any atom is 0.335 e. The van der Waals surface area contributed by atoms with E-state index in [1.54, 1.807) is 36.0 Å². The molecular formula is C45H47N3O7S. The van der Waals surface area contributed by atoms with Gasteiger partial charge in [-0.05, 0) is 77.1 Å². The lowest BCUT2D eigenvalue weighted by atomic mass is 9.97. The zero-order chi connectivity index (χ0) is 39.3. The smallest absolute Gasteiger partial charge is 0.335 e. The van der Waals surface area contributed by atoms with Crippen molar-refractivity contribution in [3.8, 4) is 11.1 Å². The molecule has 6 rings (SSSR count). The fraction of sp³-hybridized carbons (Fsp3) is 0.267. The Morgan fingerprint density at radius 1 is 0.750 bits per heavy atom. The highest BCUT2D eigenvalue weighted by Crippen LogP contribution is 2.40. The van der Waals surface area contributed by atoms with Gasteiger partial charge < -0.3 is 36.1 Å². The number of carbonyl (C=O) groups excluding carboxylic acids is 2. The minimum atomic E-state index is -0.956. The van der Waals surface area contributed by atoms with Gasteiger partial charge in [0.05, 0.1) is 35.8 Å². The number of carboxylic acid groups (broad SMARTS) is 1. The van der Waals surface area contributed by atoms with Gasteiger partial charge in [0, 0.05) is 42.0 Å². The van der Waals surface area contributed by atoms with E-state index in [4.69, 9.17) is 15.2 Å². The van der Waals surface area contributed by atoms with E-state index >= 15 is 0 Å². The van der Waals surface area contributed by atoms with E-state index in [-0.39, 0.29) is 36.2 Å². The van der Waals surface area contributed by atoms with Crippen molar-refractivity contribution in [2.24, 2.45) is 0 Å². The number of aromatic carboxylic acids is 1. The van der Waals surface area contributed by atoms with E-state index in [1.165, 1.54) is 0 Å². The molecule has 290 valence electrons. The number of ether oxygens (including phenoxy) is 2. The molecule has 5 aromatic carbocycles. The summed E-state index contributed by atoms with van der Waals surface area (Å²) < 4.78 is 13.1. The highest BCUT2D eigenvalue weighted by molar-refractivity contribution is 7.99. The summed E-state index contributed by atoms with van der Waals surface area (Å²) in [6, 6.07) is 37.9. The number of nitrogen functional groups attached to an aromatic ring is 1. The molecule has 56 heavy (non-hydrogen) atoms. The third kappa shape index (κ3) is 11.3. The third-order valence-corrected chi connectivity index (χ3v) is 10.8. The molecule has 0 radical (unpaired) electrons. The number of anilines is 2. The van der Waals surface area contributed by atoms with E-state index in [0.717, 1.165) is 44.7 Å². The van der Waals surface area contributed by atoms with Gasteiger partial charge in [-0.25, -0.2) is 4.79 Å². The third-order valence-electron chi connectivity index (χ3n) is 9.68. The van der Waals surface area contributed by atoms with Gasteiger partial charge in [-0.2, -0.15) is 0 Å². The van der Waals surface area contributed by atoms with Crippen LogP contribution in [0.4, 0.5) is 11.4 Å². The number of thioether (sulfide) groups is 1. The molecule has 3 atom stereocenters. The Kier molecular flexibility index (Phi) is 14.3. The van der Waals surface area contributed by atoms with Crippen molar-refractivity contribution in [1.82, 2.24) is 5.32 Å². The van der Waals surface area contributed by atoms with Crippen LogP contribution in [0.1, 0.15) is 83.5 Å². The molecule has 0 spiro atoms. The fourth-order valence-corrected chi connectivity index (χ4v) is 7.46. The molecule has 0 aliphatic carbocycles. The number of aliphatic hydroxyl groups excluding tert-OH is 1. The molecule has 11 heteroatoms. The molecule has 0 bridgehead atoms. The van der Waals surface area contributed by atoms with Crippen LogP contribution in [0.2, 0.25) is 0 Å². The highest BCUT2D eigenvalue weighted by atomic mass is 32.2. The minimum absolute atomic E-state index is 0.0329. The summed E-state index contributed by atoms with van der Waals surface area (Å²) in [4.78, 5) is 37.3. The lowest BCUT2D eigenvalue weighted by Crippen LogP contribution is -2.31. The molecule has 3 unspecified atom stereocenters. The van der Waals surface area contributed by atoms with Crippen LogP contribution in [0.5, 0.6) is 0 Å². The summed E-state index contributed by atoms with van der Waals surface area (Å²) in [5.41, 5.74) is 13.0. The van der Waals surface area contributed by atoms with E-state index in [0.29, 0.717) is 55.8 Å². The van der Waals surface area contributed by atoms with Gasteiger partial charge in [0.15, 0.2) is 6.29 Å². The van der Waals surface area contributed by atoms with Gasteiger partial charge in [0.2, 0.25) is 11.8 Å². The van der Waals surface area contributed by atoms with Gasteiger partial charge >= 0.3 is 5.97 Å². The van der Waals surface area contributed by atoms with Gasteiger partial charge in [-0.3, -0.25) is 9.59 Å². The van der Waals surface area contributed by atoms with E-state index < -0.39 is 12.3 Å². The summed E-state index contributed by atoms with van der Waals surface area (Å²) in [6.45, 7) is 0.358. The number of hydrogen-bond acceptors (Lipinski definition) is 8. The average Bonchev–Trinajstić information content (AvgIpc) is 3.23. The molecule has 10 nitrogen and oxygen atoms in total. The van der Waals surface area contributed by atoms with Crippen LogP contribution in [0, 0.1) is 0 Å². The van der Waals surface area contributed by atoms with Crippen LogP contribution < -0.4 is 16.4 Å². The number of nitrogens with two attached hydrogens (primary N) is 1. The molecule has 6 N–H and O–H groups in total. The Morgan fingerprint density at radius 2 is 1.43 bits per heavy atom. The van der Waals surface area contributed by atoms with E-state index in [9.17, 15) is 24.6 Å². The number of rotatable bonds is 17. The molecule has 1 saturated heterocycles. The Labute approximate surface area is 331 Å². The lowest BCUT2D eigenvalue weighted by molar-refractivity contribution is -0.245. The van der Waals surface area contributed by atoms with Crippen LogP contribution in [-0.2, 0) is 32.2 Å². The number of benzene rings is 5. The summed E-state index contributed by atoms with van der Waals surface area (Å²) in [5, 5.41) is 24.7. The van der Waals surface area contributed by atoms with Crippen molar-refractivity contribution in [2.75, 3.05) is 16.8 Å². The molecule has 1 aliphatic heterocycles. The quantitative estimate of drug-likeness (QED) is 0.0354. The second kappa shape index (κ2) is 19.9. The Balaban J connectivity index is 1.03. The topological polar surface area (TPSA) is 160 Å². The SMILES string of the molecule is Nc1ccccc1NC(=O)CCCCCC(=O)NCc1ccccc1-c1ccc(C2OC(CSc3ccc(C(=O)O)cc3)CC(c3ccc(CO)cc3)O2)cc1. The number of carboxylic acids is 1. The van der Waals surface area contributed by atoms with Crippen LogP contribution in [0.3, 0.4) is 0 Å². The zero-order valence-corrected chi connectivity index (χ0v) is 31.9. The van der Waals surface area contributed by atoms with Crippen LogP contribution >= 0.6 is 11.8 Å². The Bertz CT molecular complexity index is 2070. The standard InChI is InChI=1S/C45H47N3O7S/c46-39-10-6-7-11-40(39)48-43(51)13-3-1-2-12-42(50)47-27-35-8-4-5-9-38(35)31-18-20-34(21-19-31)45-54-36(29-56-37-24-22-33(23-25-37)44(52)53)26-41(55-45)32-16-14-30(28-49)15-17-32/h4-11,14-25,36,41,45,49H,1-3,12-13,26-29,46H2,(H,47,50)(H,48,51)(H,52,53). The van der Waals surface area contributed by atoms with Crippen molar-refractivity contribution in [3.05, 3.63) is 149 Å². The molecule has 1 heterocycles. The number of hydrogen-bond donors (Lipinski definition) is 5. The molecular weight excluding hydrogens is 727 g/mol. The number of carbonyl (C=O) groups is 3. The second-order valence-electron chi connectivity index (χ2n) is 13.7. The minimum Gasteiger partial charge on any atom is -0.478 e. The van der Waals surface area contributed by atoms with Crippen molar-refractivity contribution in [3.63, 3.8) is 0 Å². The number of aliphatic hydroxyl groups is 1. The Hall–Kier alpha value is -5.46. The monoisotopic (exact) mass is 773 g/mol. The van der Waals surface area contributed by atoms with Crippen LogP contribution in [-0.4, -0.2) is 39.9 Å². The summed E-state index contributed by atoms with van der Waals surface area (Å²) >= 11 is 1.61. The molecule has 1 fully saturated rings. The van der Waals surface area contributed by atoms with Gasteiger partial charge in [0.1, 0.15) is 0 Å². The summed E-state index contributed by atoms with van der Waals surface area (Å²) in [5.74, 6) is -0.430. The van der Waals surface area contributed by atoms with Gasteiger partial charge in [-0.15, -0.1) is 11.8 Å². The predicted molar refractivity (Wildman–Crippen MR) is 219 cm³/mol. The predicted octanol–water partition coefficient (Wildman–Crippen LogP) is 8.67. The number of unbranched alkanes of at least 4 members (excludes halogenated alkanes) is 2. The van der Waals surface area contributed by atoms with Crippen LogP contribution in [0.25, 0.3) is 11.1 Å². The van der Waals surface area contributed by atoms with Crippen LogP contribution in [0.15, 0.2) is 126 Å². The molecule has 5 aromatic rings. The number of para-hydroxylation sites is 2. The first kappa shape index (κ1) is 40.2. The maximum atomic E-state index is 12.7. The van der Waals surface area contributed by atoms with Crippen molar-refractivity contribution in [1.29, 1.82) is 0 Å². The molecule has 1 aliphatic rings. The first-order valence-corrected chi connectivity index (χ1v) is 19.8.